The van der Waals surface area contributed by atoms with Crippen molar-refractivity contribution in [2.45, 2.75) is 6.92 Å². The van der Waals surface area contributed by atoms with Gasteiger partial charge in [0, 0.05) is 33.9 Å². The third kappa shape index (κ3) is 4.07. The fourth-order valence-corrected chi connectivity index (χ4v) is 3.08. The molecule has 0 aliphatic rings. The lowest BCUT2D eigenvalue weighted by atomic mass is 10.1. The fraction of sp³-hybridized carbons (Fsp3) is 0.0556. The van der Waals surface area contributed by atoms with E-state index in [0.29, 0.717) is 10.2 Å². The molecular formula is C18H14ClN3OS. The zero-order chi connectivity index (χ0) is 16.9. The first-order valence-corrected chi connectivity index (χ1v) is 8.44. The van der Waals surface area contributed by atoms with Gasteiger partial charge in [0.15, 0.2) is 5.13 Å². The van der Waals surface area contributed by atoms with Gasteiger partial charge in [-0.25, -0.2) is 4.98 Å². The first-order valence-electron chi connectivity index (χ1n) is 7.24. The molecule has 4 nitrogen and oxygen atoms in total. The lowest BCUT2D eigenvalue weighted by molar-refractivity contribution is -0.111. The Labute approximate surface area is 148 Å². The van der Waals surface area contributed by atoms with Crippen LogP contribution >= 0.6 is 22.9 Å². The van der Waals surface area contributed by atoms with Crippen molar-refractivity contribution >= 4 is 40.1 Å². The summed E-state index contributed by atoms with van der Waals surface area (Å²) in [5.41, 5.74) is 2.74. The molecule has 0 spiro atoms. The van der Waals surface area contributed by atoms with Gasteiger partial charge in [0.25, 0.3) is 0 Å². The highest BCUT2D eigenvalue weighted by Gasteiger charge is 2.11. The summed E-state index contributed by atoms with van der Waals surface area (Å²) >= 11 is 7.36. The topological polar surface area (TPSA) is 54.9 Å². The van der Waals surface area contributed by atoms with Gasteiger partial charge < -0.3 is 0 Å². The van der Waals surface area contributed by atoms with E-state index >= 15 is 0 Å². The molecule has 0 aliphatic carbocycles. The van der Waals surface area contributed by atoms with Gasteiger partial charge in [-0.2, -0.15) is 0 Å². The largest absolute Gasteiger partial charge is 0.298 e. The minimum absolute atomic E-state index is 0.219. The maximum atomic E-state index is 12.0. The van der Waals surface area contributed by atoms with Crippen LogP contribution in [0.4, 0.5) is 5.13 Å². The Balaban J connectivity index is 1.72. The Hall–Kier alpha value is -2.50. The maximum absolute atomic E-state index is 12.0. The molecule has 0 bridgehead atoms. The van der Waals surface area contributed by atoms with Crippen LogP contribution < -0.4 is 5.32 Å². The van der Waals surface area contributed by atoms with E-state index in [-0.39, 0.29) is 5.91 Å². The maximum Gasteiger partial charge on any atom is 0.250 e. The molecule has 0 aliphatic heterocycles. The molecule has 120 valence electrons. The molecule has 1 aromatic carbocycles. The number of rotatable bonds is 4. The van der Waals surface area contributed by atoms with E-state index < -0.39 is 0 Å². The van der Waals surface area contributed by atoms with E-state index in [9.17, 15) is 4.79 Å². The molecule has 0 fully saturated rings. The highest BCUT2D eigenvalue weighted by molar-refractivity contribution is 7.16. The van der Waals surface area contributed by atoms with Crippen LogP contribution in [0.1, 0.15) is 10.4 Å². The molecule has 3 aromatic rings. The molecule has 0 atom stereocenters. The summed E-state index contributed by atoms with van der Waals surface area (Å²) in [5, 5.41) is 4.05. The number of nitrogens with zero attached hydrogens (tertiary/aromatic N) is 2. The van der Waals surface area contributed by atoms with Crippen LogP contribution in [-0.2, 0) is 4.79 Å². The molecule has 2 heterocycles. The minimum Gasteiger partial charge on any atom is -0.298 e. The van der Waals surface area contributed by atoms with E-state index in [1.807, 2.05) is 43.3 Å². The molecule has 24 heavy (non-hydrogen) atoms. The molecule has 3 rings (SSSR count). The Morgan fingerprint density at radius 3 is 2.58 bits per heavy atom. The van der Waals surface area contributed by atoms with E-state index in [1.165, 1.54) is 17.4 Å². The Morgan fingerprint density at radius 1 is 1.17 bits per heavy atom. The van der Waals surface area contributed by atoms with Crippen molar-refractivity contribution in [3.8, 4) is 11.3 Å². The van der Waals surface area contributed by atoms with Gasteiger partial charge in [0.2, 0.25) is 5.91 Å². The Bertz CT molecular complexity index is 873. The number of benzene rings is 1. The van der Waals surface area contributed by atoms with Gasteiger partial charge in [-0.3, -0.25) is 15.1 Å². The number of halogens is 1. The average Bonchev–Trinajstić information content (AvgIpc) is 2.95. The summed E-state index contributed by atoms with van der Waals surface area (Å²) < 4.78 is 0. The number of anilines is 1. The molecular weight excluding hydrogens is 342 g/mol. The highest BCUT2D eigenvalue weighted by atomic mass is 35.5. The van der Waals surface area contributed by atoms with Crippen molar-refractivity contribution in [3.63, 3.8) is 0 Å². The van der Waals surface area contributed by atoms with Crippen LogP contribution in [0.5, 0.6) is 0 Å². The second-order valence-corrected chi connectivity index (χ2v) is 6.67. The molecule has 0 saturated carbocycles. The van der Waals surface area contributed by atoms with Crippen molar-refractivity contribution in [3.05, 3.63) is 70.3 Å². The van der Waals surface area contributed by atoms with Crippen LogP contribution in [0.2, 0.25) is 5.02 Å². The Morgan fingerprint density at radius 2 is 1.88 bits per heavy atom. The van der Waals surface area contributed by atoms with Crippen molar-refractivity contribution in [1.29, 1.82) is 0 Å². The number of hydrogen-bond acceptors (Lipinski definition) is 4. The van der Waals surface area contributed by atoms with Crippen molar-refractivity contribution in [1.82, 2.24) is 9.97 Å². The zero-order valence-corrected chi connectivity index (χ0v) is 14.4. The molecule has 6 heteroatoms. The fourth-order valence-electron chi connectivity index (χ4n) is 2.12. The summed E-state index contributed by atoms with van der Waals surface area (Å²) in [6, 6.07) is 11.1. The molecule has 2 aromatic heterocycles. The predicted molar refractivity (Wildman–Crippen MR) is 99.2 cm³/mol. The summed E-state index contributed by atoms with van der Waals surface area (Å²) in [6.45, 7) is 1.98. The van der Waals surface area contributed by atoms with Crippen LogP contribution in [-0.4, -0.2) is 15.9 Å². The summed E-state index contributed by atoms with van der Waals surface area (Å²) in [6.07, 6.45) is 6.58. The number of nitrogens with one attached hydrogen (secondary N) is 1. The van der Waals surface area contributed by atoms with Crippen LogP contribution in [0.15, 0.2) is 54.9 Å². The summed E-state index contributed by atoms with van der Waals surface area (Å²) in [5.74, 6) is -0.219. The normalized spacial score (nSPS) is 10.9. The van der Waals surface area contributed by atoms with Gasteiger partial charge in [0.1, 0.15) is 0 Å². The number of hydrogen-bond donors (Lipinski definition) is 1. The van der Waals surface area contributed by atoms with Crippen LogP contribution in [0.25, 0.3) is 17.3 Å². The number of carbonyl (C=O) groups excluding carboxylic acids is 1. The lowest BCUT2D eigenvalue weighted by Crippen LogP contribution is -2.07. The van der Waals surface area contributed by atoms with Crippen molar-refractivity contribution in [2.24, 2.45) is 0 Å². The monoisotopic (exact) mass is 355 g/mol. The molecule has 1 amide bonds. The average molecular weight is 356 g/mol. The number of pyridine rings is 1. The second-order valence-electron chi connectivity index (χ2n) is 5.03. The van der Waals surface area contributed by atoms with Gasteiger partial charge in [-0.1, -0.05) is 23.7 Å². The summed E-state index contributed by atoms with van der Waals surface area (Å²) in [4.78, 5) is 21.5. The third-order valence-corrected chi connectivity index (χ3v) is 4.42. The number of aromatic nitrogens is 2. The number of amides is 1. The number of carbonyl (C=O) groups is 1. The minimum atomic E-state index is -0.219. The highest BCUT2D eigenvalue weighted by Crippen LogP contribution is 2.30. The third-order valence-electron chi connectivity index (χ3n) is 3.28. The van der Waals surface area contributed by atoms with E-state index in [4.69, 9.17) is 11.6 Å². The summed E-state index contributed by atoms with van der Waals surface area (Å²) in [7, 11) is 0. The smallest absolute Gasteiger partial charge is 0.250 e. The van der Waals surface area contributed by atoms with E-state index in [2.05, 4.69) is 15.3 Å². The molecule has 0 unspecified atom stereocenters. The van der Waals surface area contributed by atoms with Gasteiger partial charge >= 0.3 is 0 Å². The van der Waals surface area contributed by atoms with Crippen LogP contribution in [0, 0.1) is 6.92 Å². The van der Waals surface area contributed by atoms with Gasteiger partial charge in [-0.05, 0) is 42.8 Å². The second kappa shape index (κ2) is 7.38. The number of aryl methyl sites for hydroxylation is 1. The first-order chi connectivity index (χ1) is 11.6. The van der Waals surface area contributed by atoms with Crippen molar-refractivity contribution < 1.29 is 4.79 Å². The van der Waals surface area contributed by atoms with E-state index in [0.717, 1.165) is 21.7 Å². The zero-order valence-electron chi connectivity index (χ0n) is 12.9. The van der Waals surface area contributed by atoms with Crippen LogP contribution in [0.3, 0.4) is 0 Å². The standard InChI is InChI=1S/C18H14ClN3OS/c1-12-17(14-3-5-15(19)6-4-14)22-18(24-12)21-16(23)7-2-13-8-10-20-11-9-13/h2-11H,1H3,(H,21,22,23)/b7-2+. The molecule has 0 saturated heterocycles. The van der Waals surface area contributed by atoms with Gasteiger partial charge in [-0.15, -0.1) is 11.3 Å². The SMILES string of the molecule is Cc1sc(NC(=O)/C=C/c2ccncc2)nc1-c1ccc(Cl)cc1. The van der Waals surface area contributed by atoms with E-state index in [1.54, 1.807) is 18.5 Å². The predicted octanol–water partition coefficient (Wildman–Crippen LogP) is 4.82. The quantitative estimate of drug-likeness (QED) is 0.683. The molecule has 0 radical (unpaired) electrons. The van der Waals surface area contributed by atoms with Crippen molar-refractivity contribution in [2.75, 3.05) is 5.32 Å². The molecule has 1 N–H and O–H groups in total. The lowest BCUT2D eigenvalue weighted by Gasteiger charge is -1.98. The number of thiazole rings is 1. The van der Waals surface area contributed by atoms with Gasteiger partial charge in [0.05, 0.1) is 5.69 Å². The first kappa shape index (κ1) is 16.4. The Kier molecular flexibility index (Phi) is 5.03.